The average Bonchev–Trinajstić information content (AvgIpc) is 2.42. The van der Waals surface area contributed by atoms with Crippen molar-refractivity contribution in [3.8, 4) is 0 Å². The molecule has 1 saturated carbocycles. The topological polar surface area (TPSA) is 55.1 Å². The van der Waals surface area contributed by atoms with Crippen LogP contribution in [0.4, 0.5) is 8.78 Å². The molecule has 0 aromatic carbocycles. The number of carboxylic acid groups (broad SMARTS) is 1. The molecule has 1 aliphatic rings. The minimum absolute atomic E-state index is 0.0259. The molecule has 0 unspecified atom stereocenters. The van der Waals surface area contributed by atoms with E-state index in [1.54, 1.807) is 7.05 Å². The van der Waals surface area contributed by atoms with Gasteiger partial charge in [0.05, 0.1) is 11.9 Å². The van der Waals surface area contributed by atoms with Gasteiger partial charge in [-0.25, -0.2) is 13.6 Å². The Kier molecular flexibility index (Phi) is 2.02. The SMILES string of the molecule is Cn1ncc(C(=O)O)c1C1CC(F)(F)C1. The van der Waals surface area contributed by atoms with Gasteiger partial charge in [0.25, 0.3) is 0 Å². The molecule has 0 atom stereocenters. The zero-order valence-electron chi connectivity index (χ0n) is 8.07. The fraction of sp³-hybridized carbons (Fsp3) is 0.556. The first kappa shape index (κ1) is 10.1. The maximum Gasteiger partial charge on any atom is 0.339 e. The molecular weight excluding hydrogens is 206 g/mol. The van der Waals surface area contributed by atoms with Crippen LogP contribution in [0.15, 0.2) is 6.20 Å². The van der Waals surface area contributed by atoms with Gasteiger partial charge < -0.3 is 5.11 Å². The fourth-order valence-corrected chi connectivity index (χ4v) is 1.95. The van der Waals surface area contributed by atoms with E-state index in [2.05, 4.69) is 5.10 Å². The van der Waals surface area contributed by atoms with Gasteiger partial charge in [-0.1, -0.05) is 0 Å². The summed E-state index contributed by atoms with van der Waals surface area (Å²) in [6, 6.07) is 0. The second-order valence-corrected chi connectivity index (χ2v) is 3.83. The first-order valence-corrected chi connectivity index (χ1v) is 4.54. The van der Waals surface area contributed by atoms with Crippen LogP contribution >= 0.6 is 0 Å². The first-order valence-electron chi connectivity index (χ1n) is 4.54. The molecule has 2 rings (SSSR count). The van der Waals surface area contributed by atoms with E-state index >= 15 is 0 Å². The molecule has 0 spiro atoms. The van der Waals surface area contributed by atoms with Crippen molar-refractivity contribution in [3.63, 3.8) is 0 Å². The molecule has 6 heteroatoms. The number of carbonyl (C=O) groups is 1. The molecule has 0 bridgehead atoms. The molecule has 0 saturated heterocycles. The zero-order valence-corrected chi connectivity index (χ0v) is 8.07. The number of hydrogen-bond donors (Lipinski definition) is 1. The summed E-state index contributed by atoms with van der Waals surface area (Å²) in [6.45, 7) is 0. The van der Waals surface area contributed by atoms with Crippen molar-refractivity contribution in [3.05, 3.63) is 17.5 Å². The average molecular weight is 216 g/mol. The molecule has 15 heavy (non-hydrogen) atoms. The lowest BCUT2D eigenvalue weighted by Crippen LogP contribution is -2.35. The van der Waals surface area contributed by atoms with Gasteiger partial charge in [-0.2, -0.15) is 5.10 Å². The molecule has 0 radical (unpaired) electrons. The number of halogens is 2. The number of aromatic nitrogens is 2. The van der Waals surface area contributed by atoms with Crippen molar-refractivity contribution >= 4 is 5.97 Å². The number of alkyl halides is 2. The molecule has 1 aromatic rings. The Bertz CT molecular complexity index is 406. The minimum Gasteiger partial charge on any atom is -0.478 e. The minimum atomic E-state index is -2.65. The van der Waals surface area contributed by atoms with Crippen LogP contribution in [0.1, 0.15) is 34.8 Å². The van der Waals surface area contributed by atoms with Crippen molar-refractivity contribution in [2.75, 3.05) is 0 Å². The molecule has 82 valence electrons. The van der Waals surface area contributed by atoms with Crippen molar-refractivity contribution in [2.45, 2.75) is 24.7 Å². The van der Waals surface area contributed by atoms with Crippen molar-refractivity contribution in [1.82, 2.24) is 9.78 Å². The monoisotopic (exact) mass is 216 g/mol. The van der Waals surface area contributed by atoms with E-state index in [4.69, 9.17) is 5.11 Å². The van der Waals surface area contributed by atoms with Crippen LogP contribution in [0, 0.1) is 0 Å². The van der Waals surface area contributed by atoms with Crippen LogP contribution < -0.4 is 0 Å². The maximum absolute atomic E-state index is 12.7. The van der Waals surface area contributed by atoms with Gasteiger partial charge in [0.15, 0.2) is 0 Å². The van der Waals surface area contributed by atoms with Crippen molar-refractivity contribution in [2.24, 2.45) is 7.05 Å². The van der Waals surface area contributed by atoms with Crippen LogP contribution in [0.25, 0.3) is 0 Å². The van der Waals surface area contributed by atoms with E-state index in [0.717, 1.165) is 0 Å². The Morgan fingerprint density at radius 2 is 2.27 bits per heavy atom. The Morgan fingerprint density at radius 3 is 2.73 bits per heavy atom. The first-order chi connectivity index (χ1) is 6.91. The molecular formula is C9H10F2N2O2. The van der Waals surface area contributed by atoms with Gasteiger partial charge in [-0.3, -0.25) is 4.68 Å². The van der Waals surface area contributed by atoms with Crippen molar-refractivity contribution < 1.29 is 18.7 Å². The number of carboxylic acids is 1. The summed E-state index contributed by atoms with van der Waals surface area (Å²) in [5.74, 6) is -4.16. The lowest BCUT2D eigenvalue weighted by atomic mass is 9.78. The normalized spacial score (nSPS) is 19.9. The quantitative estimate of drug-likeness (QED) is 0.817. The lowest BCUT2D eigenvalue weighted by Gasteiger charge is -2.35. The summed E-state index contributed by atoms with van der Waals surface area (Å²) in [4.78, 5) is 10.8. The maximum atomic E-state index is 12.7. The van der Waals surface area contributed by atoms with E-state index in [-0.39, 0.29) is 18.4 Å². The number of aryl methyl sites for hydroxylation is 1. The third-order valence-electron chi connectivity index (χ3n) is 2.69. The van der Waals surface area contributed by atoms with Gasteiger partial charge in [0, 0.05) is 25.8 Å². The highest BCUT2D eigenvalue weighted by molar-refractivity contribution is 5.88. The summed E-state index contributed by atoms with van der Waals surface area (Å²) >= 11 is 0. The fourth-order valence-electron chi connectivity index (χ4n) is 1.95. The van der Waals surface area contributed by atoms with Gasteiger partial charge in [0.1, 0.15) is 5.56 Å². The van der Waals surface area contributed by atoms with Crippen LogP contribution in [0.3, 0.4) is 0 Å². The second-order valence-electron chi connectivity index (χ2n) is 3.83. The summed E-state index contributed by atoms with van der Waals surface area (Å²) in [5.41, 5.74) is 0.423. The van der Waals surface area contributed by atoms with Gasteiger partial charge >= 0.3 is 5.97 Å². The Labute approximate surface area is 84.5 Å². The van der Waals surface area contributed by atoms with Gasteiger partial charge in [0.2, 0.25) is 5.92 Å². The Balaban J connectivity index is 2.29. The number of nitrogens with zero attached hydrogens (tertiary/aromatic N) is 2. The molecule has 0 amide bonds. The Hall–Kier alpha value is -1.46. The molecule has 1 aromatic heterocycles. The lowest BCUT2D eigenvalue weighted by molar-refractivity contribution is -0.0884. The van der Waals surface area contributed by atoms with Crippen LogP contribution in [-0.4, -0.2) is 26.8 Å². The number of aromatic carboxylic acids is 1. The molecule has 0 aliphatic heterocycles. The predicted molar refractivity (Wildman–Crippen MR) is 47.1 cm³/mol. The van der Waals surface area contributed by atoms with Crippen LogP contribution in [0.5, 0.6) is 0 Å². The highest BCUT2D eigenvalue weighted by Gasteiger charge is 2.48. The van der Waals surface area contributed by atoms with E-state index in [1.807, 2.05) is 0 Å². The van der Waals surface area contributed by atoms with Gasteiger partial charge in [-0.15, -0.1) is 0 Å². The molecule has 1 heterocycles. The number of rotatable bonds is 2. The van der Waals surface area contributed by atoms with Crippen molar-refractivity contribution in [1.29, 1.82) is 0 Å². The smallest absolute Gasteiger partial charge is 0.339 e. The highest BCUT2D eigenvalue weighted by atomic mass is 19.3. The summed E-state index contributed by atoms with van der Waals surface area (Å²) in [7, 11) is 1.57. The largest absolute Gasteiger partial charge is 0.478 e. The highest BCUT2D eigenvalue weighted by Crippen LogP contribution is 2.48. The Morgan fingerprint density at radius 1 is 1.67 bits per heavy atom. The number of hydrogen-bond acceptors (Lipinski definition) is 2. The van der Waals surface area contributed by atoms with E-state index in [0.29, 0.717) is 5.69 Å². The molecule has 1 aliphatic carbocycles. The molecule has 1 fully saturated rings. The molecule has 4 nitrogen and oxygen atoms in total. The standard InChI is InChI=1S/C9H10F2N2O2/c1-13-7(5-2-9(10,11)3-5)6(4-12-13)8(14)15/h4-5H,2-3H2,1H3,(H,14,15). The van der Waals surface area contributed by atoms with Gasteiger partial charge in [-0.05, 0) is 0 Å². The summed E-state index contributed by atoms with van der Waals surface area (Å²) in [6.07, 6.45) is 0.633. The van der Waals surface area contributed by atoms with Crippen LogP contribution in [0.2, 0.25) is 0 Å². The molecule has 1 N–H and O–H groups in total. The van der Waals surface area contributed by atoms with E-state index in [9.17, 15) is 13.6 Å². The van der Waals surface area contributed by atoms with E-state index < -0.39 is 17.8 Å². The summed E-state index contributed by atoms with van der Waals surface area (Å²) in [5, 5.41) is 12.6. The van der Waals surface area contributed by atoms with E-state index in [1.165, 1.54) is 10.9 Å². The zero-order chi connectivity index (χ0) is 11.2. The predicted octanol–water partition coefficient (Wildman–Crippen LogP) is 1.63. The second kappa shape index (κ2) is 3.01. The summed E-state index contributed by atoms with van der Waals surface area (Å²) < 4.78 is 26.7. The third-order valence-corrected chi connectivity index (χ3v) is 2.69. The third kappa shape index (κ3) is 1.60. The van der Waals surface area contributed by atoms with Crippen LogP contribution in [-0.2, 0) is 7.05 Å².